The first-order valence-corrected chi connectivity index (χ1v) is 5.69. The van der Waals surface area contributed by atoms with E-state index in [0.29, 0.717) is 0 Å². The van der Waals surface area contributed by atoms with Crippen molar-refractivity contribution in [1.29, 1.82) is 5.26 Å². The fourth-order valence-electron chi connectivity index (χ4n) is 1.54. The third-order valence-corrected chi connectivity index (χ3v) is 2.56. The summed E-state index contributed by atoms with van der Waals surface area (Å²) in [5.74, 6) is 0.960. The molecule has 0 saturated carbocycles. The molecule has 0 radical (unpaired) electrons. The average Bonchev–Trinajstić information content (AvgIpc) is 3.02. The number of nitrogens with one attached hydrogen (secondary N) is 2. The number of nitriles is 1. The van der Waals surface area contributed by atoms with E-state index in [1.54, 1.807) is 13.2 Å². The molecule has 0 fully saturated rings. The van der Waals surface area contributed by atoms with Gasteiger partial charge in [-0.3, -0.25) is 0 Å². The number of rotatable bonds is 5. The van der Waals surface area contributed by atoms with E-state index in [2.05, 4.69) is 32.5 Å². The highest BCUT2D eigenvalue weighted by Crippen LogP contribution is 2.23. The Morgan fingerprint density at radius 1 is 1.55 bits per heavy atom. The zero-order valence-corrected chi connectivity index (χ0v) is 10.8. The van der Waals surface area contributed by atoms with Gasteiger partial charge in [0.15, 0.2) is 0 Å². The first-order valence-electron chi connectivity index (χ1n) is 5.69. The first kappa shape index (κ1) is 13.3. The largest absolute Gasteiger partial charge is 0.497 e. The van der Waals surface area contributed by atoms with E-state index in [4.69, 9.17) is 10.00 Å². The molecule has 0 bridgehead atoms. The van der Waals surface area contributed by atoms with E-state index in [9.17, 15) is 0 Å². The van der Waals surface area contributed by atoms with Crippen LogP contribution in [-0.2, 0) is 0 Å². The number of aromatic amines is 1. The molecule has 0 aliphatic heterocycles. The van der Waals surface area contributed by atoms with Crippen molar-refractivity contribution in [3.63, 3.8) is 0 Å². The van der Waals surface area contributed by atoms with Crippen molar-refractivity contribution in [2.45, 2.75) is 0 Å². The summed E-state index contributed by atoms with van der Waals surface area (Å²) in [6.45, 7) is 3.74. The maximum Gasteiger partial charge on any atom is 0.216 e. The van der Waals surface area contributed by atoms with Gasteiger partial charge < -0.3 is 10.1 Å². The Bertz CT molecular complexity index is 669. The van der Waals surface area contributed by atoms with Crippen LogP contribution in [0.5, 0.6) is 5.75 Å². The standard InChI is InChI=1S/C13H12N6O/c1-3-9-6-11(20-2)4-5-12(9)15-8-10(7-14)13-16-18-19-17-13/h3-6,8,15H,1H2,2H3,(H,16,17,18,19). The number of hydrogen-bond donors (Lipinski definition) is 2. The summed E-state index contributed by atoms with van der Waals surface area (Å²) < 4.78 is 5.14. The van der Waals surface area contributed by atoms with Crippen LogP contribution < -0.4 is 10.1 Å². The van der Waals surface area contributed by atoms with E-state index in [1.807, 2.05) is 24.3 Å². The fraction of sp³-hybridized carbons (Fsp3) is 0.0769. The van der Waals surface area contributed by atoms with E-state index in [1.165, 1.54) is 6.20 Å². The highest BCUT2D eigenvalue weighted by Gasteiger charge is 2.06. The Balaban J connectivity index is 2.26. The van der Waals surface area contributed by atoms with Gasteiger partial charge in [-0.25, -0.2) is 0 Å². The highest BCUT2D eigenvalue weighted by atomic mass is 16.5. The van der Waals surface area contributed by atoms with Gasteiger partial charge in [0, 0.05) is 17.5 Å². The van der Waals surface area contributed by atoms with Crippen molar-refractivity contribution >= 4 is 17.3 Å². The van der Waals surface area contributed by atoms with E-state index >= 15 is 0 Å². The van der Waals surface area contributed by atoms with Crippen LogP contribution in [0.25, 0.3) is 11.6 Å². The van der Waals surface area contributed by atoms with Gasteiger partial charge in [-0.15, -0.1) is 10.2 Å². The molecular weight excluding hydrogens is 256 g/mol. The second-order valence-corrected chi connectivity index (χ2v) is 3.71. The number of allylic oxidation sites excluding steroid dienone is 1. The first-order chi connectivity index (χ1) is 9.78. The highest BCUT2D eigenvalue weighted by molar-refractivity contribution is 5.76. The van der Waals surface area contributed by atoms with Gasteiger partial charge in [-0.1, -0.05) is 12.7 Å². The van der Waals surface area contributed by atoms with Gasteiger partial charge in [-0.2, -0.15) is 10.5 Å². The monoisotopic (exact) mass is 268 g/mol. The molecule has 2 N–H and O–H groups in total. The van der Waals surface area contributed by atoms with Crippen LogP contribution in [0.4, 0.5) is 5.69 Å². The van der Waals surface area contributed by atoms with Crippen molar-refractivity contribution in [2.24, 2.45) is 0 Å². The second-order valence-electron chi connectivity index (χ2n) is 3.71. The number of benzene rings is 1. The Hall–Kier alpha value is -3.14. The van der Waals surface area contributed by atoms with Crippen LogP contribution in [0.15, 0.2) is 31.0 Å². The summed E-state index contributed by atoms with van der Waals surface area (Å²) in [6.07, 6.45) is 3.21. The summed E-state index contributed by atoms with van der Waals surface area (Å²) in [6, 6.07) is 7.47. The lowest BCUT2D eigenvalue weighted by molar-refractivity contribution is 0.415. The van der Waals surface area contributed by atoms with Crippen LogP contribution in [0, 0.1) is 11.3 Å². The Labute approximate surface area is 115 Å². The Kier molecular flexibility index (Phi) is 4.09. The molecule has 0 amide bonds. The molecule has 1 aromatic heterocycles. The molecule has 0 atom stereocenters. The normalized spacial score (nSPS) is 10.7. The third kappa shape index (κ3) is 2.81. The molecule has 20 heavy (non-hydrogen) atoms. The van der Waals surface area contributed by atoms with E-state index < -0.39 is 0 Å². The molecule has 1 aromatic carbocycles. The molecule has 7 nitrogen and oxygen atoms in total. The van der Waals surface area contributed by atoms with Crippen molar-refractivity contribution in [3.8, 4) is 11.8 Å². The van der Waals surface area contributed by atoms with Gasteiger partial charge >= 0.3 is 0 Å². The molecule has 0 aliphatic rings. The Morgan fingerprint density at radius 2 is 2.40 bits per heavy atom. The third-order valence-electron chi connectivity index (χ3n) is 2.56. The van der Waals surface area contributed by atoms with Crippen LogP contribution in [0.2, 0.25) is 0 Å². The number of anilines is 1. The number of nitrogens with zero attached hydrogens (tertiary/aromatic N) is 4. The minimum Gasteiger partial charge on any atom is -0.497 e. The molecule has 0 unspecified atom stereocenters. The van der Waals surface area contributed by atoms with Crippen LogP contribution in [-0.4, -0.2) is 27.7 Å². The molecule has 0 spiro atoms. The minimum atomic E-state index is 0.230. The van der Waals surface area contributed by atoms with Crippen molar-refractivity contribution in [2.75, 3.05) is 12.4 Å². The van der Waals surface area contributed by atoms with Crippen molar-refractivity contribution in [3.05, 3.63) is 42.4 Å². The molecule has 0 saturated heterocycles. The zero-order valence-electron chi connectivity index (χ0n) is 10.8. The van der Waals surface area contributed by atoms with Crippen molar-refractivity contribution in [1.82, 2.24) is 20.6 Å². The van der Waals surface area contributed by atoms with Gasteiger partial charge in [0.25, 0.3) is 0 Å². The molecule has 100 valence electrons. The predicted octanol–water partition coefficient (Wildman–Crippen LogP) is 1.83. The summed E-state index contributed by atoms with van der Waals surface area (Å²) >= 11 is 0. The number of aromatic nitrogens is 4. The molecule has 2 aromatic rings. The smallest absolute Gasteiger partial charge is 0.216 e. The van der Waals surface area contributed by atoms with Crippen LogP contribution in [0.3, 0.4) is 0 Å². The molecule has 2 rings (SSSR count). The number of H-pyrrole nitrogens is 1. The summed E-state index contributed by atoms with van der Waals surface area (Å²) in [4.78, 5) is 0. The number of ether oxygens (including phenoxy) is 1. The topological polar surface area (TPSA) is 99.5 Å². The lowest BCUT2D eigenvalue weighted by atomic mass is 10.1. The Morgan fingerprint density at radius 3 is 3.00 bits per heavy atom. The maximum atomic E-state index is 9.06. The summed E-state index contributed by atoms with van der Waals surface area (Å²) in [5, 5.41) is 25.3. The quantitative estimate of drug-likeness (QED) is 0.802. The lowest BCUT2D eigenvalue weighted by Gasteiger charge is -2.08. The number of methoxy groups -OCH3 is 1. The average molecular weight is 268 g/mol. The molecule has 0 aliphatic carbocycles. The van der Waals surface area contributed by atoms with Crippen molar-refractivity contribution < 1.29 is 4.74 Å². The van der Waals surface area contributed by atoms with Gasteiger partial charge in [0.05, 0.1) is 7.11 Å². The SMILES string of the molecule is C=Cc1cc(OC)ccc1NC=C(C#N)c1nn[nH]n1. The minimum absolute atomic E-state index is 0.230. The zero-order chi connectivity index (χ0) is 14.4. The number of hydrogen-bond acceptors (Lipinski definition) is 6. The lowest BCUT2D eigenvalue weighted by Crippen LogP contribution is -1.95. The maximum absolute atomic E-state index is 9.06. The summed E-state index contributed by atoms with van der Waals surface area (Å²) in [7, 11) is 1.60. The number of tetrazole rings is 1. The predicted molar refractivity (Wildman–Crippen MR) is 74.5 cm³/mol. The fourth-order valence-corrected chi connectivity index (χ4v) is 1.54. The van der Waals surface area contributed by atoms with Gasteiger partial charge in [0.1, 0.15) is 17.4 Å². The molecular formula is C13H12N6O. The van der Waals surface area contributed by atoms with Crippen LogP contribution >= 0.6 is 0 Å². The second kappa shape index (κ2) is 6.15. The van der Waals surface area contributed by atoms with E-state index in [-0.39, 0.29) is 11.4 Å². The van der Waals surface area contributed by atoms with Gasteiger partial charge in [-0.05, 0) is 23.4 Å². The molecule has 7 heteroatoms. The van der Waals surface area contributed by atoms with E-state index in [0.717, 1.165) is 17.0 Å². The van der Waals surface area contributed by atoms with Gasteiger partial charge in [0.2, 0.25) is 5.82 Å². The van der Waals surface area contributed by atoms with Crippen LogP contribution in [0.1, 0.15) is 11.4 Å². The molecule has 1 heterocycles. The summed E-state index contributed by atoms with van der Waals surface area (Å²) in [5.41, 5.74) is 1.91.